The van der Waals surface area contributed by atoms with Gasteiger partial charge in [0.25, 0.3) is 0 Å². The van der Waals surface area contributed by atoms with E-state index in [2.05, 4.69) is 19.0 Å². The van der Waals surface area contributed by atoms with Gasteiger partial charge in [-0.2, -0.15) is 0 Å². The highest BCUT2D eigenvalue weighted by molar-refractivity contribution is 5.99. The molecule has 0 unspecified atom stereocenters. The zero-order valence-corrected chi connectivity index (χ0v) is 11.3. The molecule has 0 spiro atoms. The van der Waals surface area contributed by atoms with Gasteiger partial charge in [-0.3, -0.25) is 4.79 Å². The fourth-order valence-corrected chi connectivity index (χ4v) is 2.74. The van der Waals surface area contributed by atoms with E-state index in [4.69, 9.17) is 4.52 Å². The van der Waals surface area contributed by atoms with Gasteiger partial charge >= 0.3 is 0 Å². The van der Waals surface area contributed by atoms with E-state index in [0.717, 1.165) is 23.2 Å². The number of hydrogen-bond acceptors (Lipinski definition) is 3. The molecule has 1 aliphatic carbocycles. The lowest BCUT2D eigenvalue weighted by Gasteiger charge is -2.26. The van der Waals surface area contributed by atoms with Crippen LogP contribution in [0.15, 0.2) is 34.9 Å². The van der Waals surface area contributed by atoms with Gasteiger partial charge in [-0.25, -0.2) is 0 Å². The smallest absolute Gasteiger partial charge is 0.168 e. The van der Waals surface area contributed by atoms with E-state index in [0.29, 0.717) is 18.6 Å². The summed E-state index contributed by atoms with van der Waals surface area (Å²) in [6.45, 7) is 4.19. The third-order valence-corrected chi connectivity index (χ3v) is 3.60. The monoisotopic (exact) mass is 255 g/mol. The number of benzene rings is 1. The van der Waals surface area contributed by atoms with Crippen LogP contribution < -0.4 is 0 Å². The number of rotatable bonds is 2. The maximum atomic E-state index is 12.3. The zero-order valence-electron chi connectivity index (χ0n) is 11.3. The molecule has 0 bridgehead atoms. The highest BCUT2D eigenvalue weighted by atomic mass is 16.5. The highest BCUT2D eigenvalue weighted by Crippen LogP contribution is 2.36. The molecule has 1 heterocycles. The predicted molar refractivity (Wildman–Crippen MR) is 72.2 cm³/mol. The van der Waals surface area contributed by atoms with E-state index in [9.17, 15) is 4.79 Å². The molecule has 3 heteroatoms. The van der Waals surface area contributed by atoms with Crippen LogP contribution in [-0.2, 0) is 12.8 Å². The van der Waals surface area contributed by atoms with Crippen molar-refractivity contribution >= 4 is 5.78 Å². The minimum absolute atomic E-state index is 0.00895. The fourth-order valence-electron chi connectivity index (χ4n) is 2.74. The van der Waals surface area contributed by atoms with Gasteiger partial charge in [0, 0.05) is 12.8 Å². The van der Waals surface area contributed by atoms with Crippen LogP contribution in [0.2, 0.25) is 0 Å². The van der Waals surface area contributed by atoms with Crippen LogP contribution in [0.25, 0.3) is 0 Å². The van der Waals surface area contributed by atoms with Crippen molar-refractivity contribution in [1.82, 2.24) is 5.16 Å². The normalized spacial score (nSPS) is 17.3. The first kappa shape index (κ1) is 12.2. The first-order chi connectivity index (χ1) is 9.05. The van der Waals surface area contributed by atoms with Gasteiger partial charge in [-0.05, 0) is 17.4 Å². The predicted octanol–water partition coefficient (Wildman–Crippen LogP) is 3.42. The lowest BCUT2D eigenvalue weighted by Crippen LogP contribution is -2.27. The lowest BCUT2D eigenvalue weighted by atomic mass is 9.75. The number of Topliss-reactive ketones (excluding diaryl/α,β-unsaturated/α-hetero) is 1. The summed E-state index contributed by atoms with van der Waals surface area (Å²) in [4.78, 5) is 12.3. The summed E-state index contributed by atoms with van der Waals surface area (Å²) in [6.07, 6.45) is 2.02. The Bertz CT molecular complexity index is 611. The molecule has 0 radical (unpaired) electrons. The highest BCUT2D eigenvalue weighted by Gasteiger charge is 2.35. The molecule has 1 aromatic carbocycles. The molecular weight excluding hydrogens is 238 g/mol. The number of hydrogen-bond donors (Lipinski definition) is 0. The number of nitrogens with zero attached hydrogens (tertiary/aromatic N) is 1. The van der Waals surface area contributed by atoms with Gasteiger partial charge in [-0.1, -0.05) is 49.3 Å². The molecule has 0 fully saturated rings. The Kier molecular flexibility index (Phi) is 2.77. The molecule has 98 valence electrons. The number of aromatic nitrogens is 1. The molecular formula is C16H17NO2. The van der Waals surface area contributed by atoms with Gasteiger partial charge in [-0.15, -0.1) is 0 Å². The molecule has 3 rings (SSSR count). The largest absolute Gasteiger partial charge is 0.360 e. The van der Waals surface area contributed by atoms with Crippen molar-refractivity contribution in [1.29, 1.82) is 0 Å². The second-order valence-electron chi connectivity index (χ2n) is 6.03. The molecule has 19 heavy (non-hydrogen) atoms. The van der Waals surface area contributed by atoms with Crippen molar-refractivity contribution in [2.24, 2.45) is 5.41 Å². The average Bonchev–Trinajstić information content (AvgIpc) is 2.72. The van der Waals surface area contributed by atoms with Crippen LogP contribution in [0, 0.1) is 5.41 Å². The van der Waals surface area contributed by atoms with E-state index in [1.165, 1.54) is 0 Å². The maximum Gasteiger partial charge on any atom is 0.168 e. The van der Waals surface area contributed by atoms with Crippen LogP contribution in [0.5, 0.6) is 0 Å². The van der Waals surface area contributed by atoms with Crippen LogP contribution in [0.4, 0.5) is 0 Å². The second kappa shape index (κ2) is 4.34. The topological polar surface area (TPSA) is 43.1 Å². The Balaban J connectivity index is 1.94. The number of ketones is 1. The van der Waals surface area contributed by atoms with Gasteiger partial charge in [0.15, 0.2) is 11.5 Å². The van der Waals surface area contributed by atoms with Gasteiger partial charge in [0.05, 0.1) is 11.3 Å². The molecule has 0 amide bonds. The first-order valence-electron chi connectivity index (χ1n) is 6.60. The van der Waals surface area contributed by atoms with E-state index in [-0.39, 0.29) is 11.2 Å². The first-order valence-corrected chi connectivity index (χ1v) is 6.60. The summed E-state index contributed by atoms with van der Waals surface area (Å²) >= 11 is 0. The molecule has 0 saturated heterocycles. The Morgan fingerprint density at radius 2 is 1.95 bits per heavy atom. The molecule has 0 saturated carbocycles. The summed E-state index contributed by atoms with van der Waals surface area (Å²) in [5.41, 5.74) is 2.68. The van der Waals surface area contributed by atoms with E-state index in [1.807, 2.05) is 30.3 Å². The van der Waals surface area contributed by atoms with Gasteiger partial charge < -0.3 is 4.52 Å². The van der Waals surface area contributed by atoms with Crippen LogP contribution in [-0.4, -0.2) is 10.9 Å². The molecule has 0 N–H and O–H groups in total. The van der Waals surface area contributed by atoms with Crippen molar-refractivity contribution < 1.29 is 9.32 Å². The van der Waals surface area contributed by atoms with Crippen molar-refractivity contribution in [3.8, 4) is 0 Å². The molecule has 1 aliphatic rings. The fraction of sp³-hybridized carbons (Fsp3) is 0.375. The average molecular weight is 255 g/mol. The summed E-state index contributed by atoms with van der Waals surface area (Å²) in [5, 5.41) is 4.10. The Morgan fingerprint density at radius 3 is 2.68 bits per heavy atom. The third-order valence-electron chi connectivity index (χ3n) is 3.60. The van der Waals surface area contributed by atoms with Crippen molar-refractivity contribution in [3.05, 3.63) is 52.9 Å². The Labute approximate surface area is 112 Å². The van der Waals surface area contributed by atoms with E-state index >= 15 is 0 Å². The SMILES string of the molecule is CC1(C)CC(=O)c2c(noc2Cc2ccccc2)C1. The Hall–Kier alpha value is -1.90. The number of fused-ring (bicyclic) bond motifs is 1. The Morgan fingerprint density at radius 1 is 1.21 bits per heavy atom. The van der Waals surface area contributed by atoms with E-state index in [1.54, 1.807) is 0 Å². The van der Waals surface area contributed by atoms with Crippen molar-refractivity contribution in [2.75, 3.05) is 0 Å². The minimum atomic E-state index is -0.00895. The summed E-state index contributed by atoms with van der Waals surface area (Å²) < 4.78 is 5.41. The molecule has 2 aromatic rings. The van der Waals surface area contributed by atoms with Gasteiger partial charge in [0.2, 0.25) is 0 Å². The second-order valence-corrected chi connectivity index (χ2v) is 6.03. The third kappa shape index (κ3) is 2.33. The standard InChI is InChI=1S/C16H17NO2/c1-16(2)9-12-15(13(18)10-16)14(19-17-12)8-11-6-4-3-5-7-11/h3-7H,8-10H2,1-2H3. The summed E-state index contributed by atoms with van der Waals surface area (Å²) in [5.74, 6) is 0.875. The van der Waals surface area contributed by atoms with E-state index < -0.39 is 0 Å². The lowest BCUT2D eigenvalue weighted by molar-refractivity contribution is 0.0911. The van der Waals surface area contributed by atoms with Crippen LogP contribution in [0.3, 0.4) is 0 Å². The minimum Gasteiger partial charge on any atom is -0.360 e. The molecule has 3 nitrogen and oxygen atoms in total. The molecule has 0 aliphatic heterocycles. The summed E-state index contributed by atoms with van der Waals surface area (Å²) in [6, 6.07) is 10.0. The van der Waals surface area contributed by atoms with Crippen molar-refractivity contribution in [2.45, 2.75) is 33.1 Å². The maximum absolute atomic E-state index is 12.3. The quantitative estimate of drug-likeness (QED) is 0.825. The van der Waals surface area contributed by atoms with Gasteiger partial charge in [0.1, 0.15) is 0 Å². The number of carbonyl (C=O) groups excluding carboxylic acids is 1. The van der Waals surface area contributed by atoms with Crippen LogP contribution >= 0.6 is 0 Å². The van der Waals surface area contributed by atoms with Crippen molar-refractivity contribution in [3.63, 3.8) is 0 Å². The summed E-state index contributed by atoms with van der Waals surface area (Å²) in [7, 11) is 0. The molecule has 1 aromatic heterocycles. The number of carbonyl (C=O) groups is 1. The van der Waals surface area contributed by atoms with Crippen LogP contribution in [0.1, 0.15) is 47.6 Å². The zero-order chi connectivity index (χ0) is 13.5. The molecule has 0 atom stereocenters.